The molecule has 21 heavy (non-hydrogen) atoms. The summed E-state index contributed by atoms with van der Waals surface area (Å²) in [5.41, 5.74) is 14.2. The van der Waals surface area contributed by atoms with Gasteiger partial charge in [0.05, 0.1) is 11.3 Å². The van der Waals surface area contributed by atoms with E-state index in [0.717, 1.165) is 29.4 Å². The van der Waals surface area contributed by atoms with E-state index in [9.17, 15) is 9.59 Å². The monoisotopic (exact) mass is 284 g/mol. The van der Waals surface area contributed by atoms with Crippen molar-refractivity contribution < 1.29 is 9.59 Å². The summed E-state index contributed by atoms with van der Waals surface area (Å²) < 4.78 is 0. The van der Waals surface area contributed by atoms with Crippen molar-refractivity contribution in [3.05, 3.63) is 47.6 Å². The molecule has 0 heterocycles. The average molecular weight is 284 g/mol. The van der Waals surface area contributed by atoms with E-state index in [1.54, 1.807) is 19.1 Å². The number of anilines is 1. The van der Waals surface area contributed by atoms with Gasteiger partial charge in [-0.25, -0.2) is 0 Å². The van der Waals surface area contributed by atoms with Crippen molar-refractivity contribution in [3.8, 4) is 0 Å². The van der Waals surface area contributed by atoms with Crippen molar-refractivity contribution in [1.82, 2.24) is 0 Å². The van der Waals surface area contributed by atoms with Crippen LogP contribution in [0.2, 0.25) is 0 Å². The van der Waals surface area contributed by atoms with Crippen LogP contribution in [-0.2, 0) is 16.0 Å². The fourth-order valence-electron chi connectivity index (χ4n) is 2.64. The Morgan fingerprint density at radius 1 is 1.43 bits per heavy atom. The molecular formula is C17H20N2O2. The second-order valence-corrected chi connectivity index (χ2v) is 5.55. The molecule has 0 spiro atoms. The molecule has 110 valence electrons. The molecule has 0 aromatic heterocycles. The van der Waals surface area contributed by atoms with Gasteiger partial charge in [-0.3, -0.25) is 4.79 Å². The molecule has 4 heteroatoms. The first-order chi connectivity index (χ1) is 9.92. The SMILES string of the molecule is CCc1cccc(C2=CC(C(N)=O)C(C)(C=O)C=C2)c1N. The zero-order valence-corrected chi connectivity index (χ0v) is 12.3. The van der Waals surface area contributed by atoms with Crippen LogP contribution in [0.15, 0.2) is 36.4 Å². The Labute approximate surface area is 124 Å². The van der Waals surface area contributed by atoms with Crippen molar-refractivity contribution >= 4 is 23.5 Å². The third kappa shape index (κ3) is 2.61. The number of rotatable bonds is 4. The van der Waals surface area contributed by atoms with Crippen LogP contribution < -0.4 is 11.5 Å². The molecule has 2 unspecified atom stereocenters. The fourth-order valence-corrected chi connectivity index (χ4v) is 2.64. The number of para-hydroxylation sites is 1. The Kier molecular flexibility index (Phi) is 3.98. The molecule has 1 aliphatic carbocycles. The highest BCUT2D eigenvalue weighted by Gasteiger charge is 2.36. The average Bonchev–Trinajstić information content (AvgIpc) is 2.48. The predicted octanol–water partition coefficient (Wildman–Crippen LogP) is 2.09. The topological polar surface area (TPSA) is 86.2 Å². The van der Waals surface area contributed by atoms with E-state index in [-0.39, 0.29) is 0 Å². The maximum atomic E-state index is 11.7. The summed E-state index contributed by atoms with van der Waals surface area (Å²) in [6.07, 6.45) is 6.89. The summed E-state index contributed by atoms with van der Waals surface area (Å²) in [6, 6.07) is 5.82. The van der Waals surface area contributed by atoms with E-state index in [1.807, 2.05) is 31.2 Å². The van der Waals surface area contributed by atoms with Gasteiger partial charge in [0, 0.05) is 11.3 Å². The summed E-state index contributed by atoms with van der Waals surface area (Å²) in [5, 5.41) is 0. The molecule has 1 aromatic carbocycles. The van der Waals surface area contributed by atoms with Crippen LogP contribution in [0.3, 0.4) is 0 Å². The number of nitrogens with two attached hydrogens (primary N) is 2. The number of aldehydes is 1. The minimum Gasteiger partial charge on any atom is -0.398 e. The van der Waals surface area contributed by atoms with Gasteiger partial charge in [0.1, 0.15) is 6.29 Å². The Bertz CT molecular complexity index is 646. The van der Waals surface area contributed by atoms with Crippen molar-refractivity contribution in [2.75, 3.05) is 5.73 Å². The lowest BCUT2D eigenvalue weighted by Crippen LogP contribution is -2.37. The normalized spacial score (nSPS) is 24.5. The van der Waals surface area contributed by atoms with Crippen LogP contribution in [0, 0.1) is 11.3 Å². The molecule has 2 rings (SSSR count). The van der Waals surface area contributed by atoms with Crippen molar-refractivity contribution in [3.63, 3.8) is 0 Å². The number of benzene rings is 1. The fraction of sp³-hybridized carbons (Fsp3) is 0.294. The largest absolute Gasteiger partial charge is 0.398 e. The molecular weight excluding hydrogens is 264 g/mol. The van der Waals surface area contributed by atoms with Crippen LogP contribution in [0.25, 0.3) is 5.57 Å². The second kappa shape index (κ2) is 5.56. The number of carbonyl (C=O) groups excluding carboxylic acids is 2. The van der Waals surface area contributed by atoms with Crippen molar-refractivity contribution in [1.29, 1.82) is 0 Å². The third-order valence-corrected chi connectivity index (χ3v) is 4.09. The van der Waals surface area contributed by atoms with Gasteiger partial charge >= 0.3 is 0 Å². The highest BCUT2D eigenvalue weighted by Crippen LogP contribution is 2.38. The third-order valence-electron chi connectivity index (χ3n) is 4.09. The quantitative estimate of drug-likeness (QED) is 0.655. The standard InChI is InChI=1S/C17H20N2O2/c1-3-11-5-4-6-13(15(11)18)12-7-8-17(2,10-20)14(9-12)16(19)21/h4-10,14H,3,18H2,1-2H3,(H2,19,21). The molecule has 1 amide bonds. The Hall–Kier alpha value is -2.36. The number of nitrogen functional groups attached to an aromatic ring is 1. The molecule has 4 N–H and O–H groups in total. The summed E-state index contributed by atoms with van der Waals surface area (Å²) >= 11 is 0. The van der Waals surface area contributed by atoms with E-state index in [4.69, 9.17) is 11.5 Å². The van der Waals surface area contributed by atoms with Crippen LogP contribution in [0.1, 0.15) is 25.0 Å². The smallest absolute Gasteiger partial charge is 0.225 e. The highest BCUT2D eigenvalue weighted by atomic mass is 16.1. The number of aryl methyl sites for hydroxylation is 1. The van der Waals surface area contributed by atoms with E-state index < -0.39 is 17.2 Å². The zero-order valence-electron chi connectivity index (χ0n) is 12.3. The minimum absolute atomic E-state index is 0.517. The summed E-state index contributed by atoms with van der Waals surface area (Å²) in [6.45, 7) is 3.74. The Morgan fingerprint density at radius 2 is 2.14 bits per heavy atom. The molecule has 0 fully saturated rings. The van der Waals surface area contributed by atoms with E-state index in [1.165, 1.54) is 0 Å². The molecule has 0 saturated heterocycles. The van der Waals surface area contributed by atoms with Gasteiger partial charge in [0.2, 0.25) is 5.91 Å². The van der Waals surface area contributed by atoms with Crippen LogP contribution in [0.4, 0.5) is 5.69 Å². The first kappa shape index (κ1) is 15.0. The van der Waals surface area contributed by atoms with Gasteiger partial charge in [-0.1, -0.05) is 43.4 Å². The number of hydrogen-bond donors (Lipinski definition) is 2. The van der Waals surface area contributed by atoms with Gasteiger partial charge in [-0.05, 0) is 24.5 Å². The zero-order chi connectivity index (χ0) is 15.6. The lowest BCUT2D eigenvalue weighted by atomic mass is 9.72. The summed E-state index contributed by atoms with van der Waals surface area (Å²) in [7, 11) is 0. The van der Waals surface area contributed by atoms with E-state index >= 15 is 0 Å². The van der Waals surface area contributed by atoms with Gasteiger partial charge < -0.3 is 16.3 Å². The van der Waals surface area contributed by atoms with Crippen molar-refractivity contribution in [2.45, 2.75) is 20.3 Å². The van der Waals surface area contributed by atoms with Gasteiger partial charge in [0.25, 0.3) is 0 Å². The predicted molar refractivity (Wildman–Crippen MR) is 84.2 cm³/mol. The maximum absolute atomic E-state index is 11.7. The van der Waals surface area contributed by atoms with E-state index in [2.05, 4.69) is 0 Å². The Balaban J connectivity index is 2.52. The number of allylic oxidation sites excluding steroid dienone is 3. The maximum Gasteiger partial charge on any atom is 0.225 e. The van der Waals surface area contributed by atoms with Gasteiger partial charge in [-0.2, -0.15) is 0 Å². The molecule has 0 radical (unpaired) electrons. The molecule has 2 atom stereocenters. The first-order valence-electron chi connectivity index (χ1n) is 6.97. The lowest BCUT2D eigenvalue weighted by Gasteiger charge is -2.29. The number of amides is 1. The first-order valence-corrected chi connectivity index (χ1v) is 6.97. The van der Waals surface area contributed by atoms with Gasteiger partial charge in [-0.15, -0.1) is 0 Å². The summed E-state index contributed by atoms with van der Waals surface area (Å²) in [4.78, 5) is 23.0. The highest BCUT2D eigenvalue weighted by molar-refractivity contribution is 5.92. The Morgan fingerprint density at radius 3 is 2.71 bits per heavy atom. The number of hydrogen-bond acceptors (Lipinski definition) is 3. The molecule has 1 aromatic rings. The molecule has 0 bridgehead atoms. The van der Waals surface area contributed by atoms with Crippen LogP contribution in [0.5, 0.6) is 0 Å². The van der Waals surface area contributed by atoms with E-state index in [0.29, 0.717) is 5.69 Å². The lowest BCUT2D eigenvalue weighted by molar-refractivity contribution is -0.127. The molecule has 0 saturated carbocycles. The minimum atomic E-state index is -0.896. The molecule has 4 nitrogen and oxygen atoms in total. The van der Waals surface area contributed by atoms with Crippen molar-refractivity contribution in [2.24, 2.45) is 17.1 Å². The molecule has 0 aliphatic heterocycles. The number of carbonyl (C=O) groups is 2. The second-order valence-electron chi connectivity index (χ2n) is 5.55. The van der Waals surface area contributed by atoms with Crippen LogP contribution >= 0.6 is 0 Å². The number of primary amides is 1. The van der Waals surface area contributed by atoms with Crippen LogP contribution in [-0.4, -0.2) is 12.2 Å². The van der Waals surface area contributed by atoms with Gasteiger partial charge in [0.15, 0.2) is 0 Å². The summed E-state index contributed by atoms with van der Waals surface area (Å²) in [5.74, 6) is -1.18. The molecule has 1 aliphatic rings.